The van der Waals surface area contributed by atoms with E-state index in [4.69, 9.17) is 10.5 Å². The summed E-state index contributed by atoms with van der Waals surface area (Å²) in [5.41, 5.74) is 5.77. The molecule has 0 radical (unpaired) electrons. The van der Waals surface area contributed by atoms with Crippen LogP contribution in [0.5, 0.6) is 5.75 Å². The largest absolute Gasteiger partial charge is 0.573 e. The van der Waals surface area contributed by atoms with E-state index in [0.29, 0.717) is 12.1 Å². The number of carbonyl (C=O) groups excluding carboxylic acids is 1. The molecule has 0 bridgehead atoms. The van der Waals surface area contributed by atoms with Crippen molar-refractivity contribution in [2.75, 3.05) is 13.1 Å². The number of nitrogens with zero attached hydrogens (tertiary/aromatic N) is 1. The number of ether oxygens (including phenoxy) is 2. The Morgan fingerprint density at radius 3 is 2.23 bits per heavy atom. The van der Waals surface area contributed by atoms with Gasteiger partial charge in [0, 0.05) is 13.1 Å². The molecule has 0 fully saturated rings. The van der Waals surface area contributed by atoms with E-state index in [1.54, 1.807) is 20.8 Å². The van der Waals surface area contributed by atoms with Crippen LogP contribution in [0.4, 0.5) is 18.0 Å². The number of carbonyl (C=O) groups is 1. The Kier molecular flexibility index (Phi) is 7.54. The van der Waals surface area contributed by atoms with Crippen LogP contribution in [0.15, 0.2) is 29.3 Å². The van der Waals surface area contributed by atoms with Gasteiger partial charge >= 0.3 is 12.5 Å². The lowest BCUT2D eigenvalue weighted by molar-refractivity contribution is -0.274. The quantitative estimate of drug-likeness (QED) is 0.403. The predicted molar refractivity (Wildman–Crippen MR) is 90.7 cm³/mol. The number of nitrogens with one attached hydrogen (secondary N) is 2. The fraction of sp³-hybridized carbons (Fsp3) is 0.500. The second-order valence-corrected chi connectivity index (χ2v) is 6.25. The normalized spacial score (nSPS) is 12.5. The van der Waals surface area contributed by atoms with Gasteiger partial charge in [0.05, 0.1) is 6.54 Å². The SMILES string of the molecule is CC(C)(C)OC(=O)NCCNC(N)=NCc1ccc(OC(F)(F)F)cc1. The third-order valence-corrected chi connectivity index (χ3v) is 2.69. The summed E-state index contributed by atoms with van der Waals surface area (Å²) in [7, 11) is 0. The molecule has 0 aliphatic rings. The second kappa shape index (κ2) is 9.16. The van der Waals surface area contributed by atoms with Gasteiger partial charge in [-0.3, -0.25) is 0 Å². The number of alkyl halides is 3. The highest BCUT2D eigenvalue weighted by Crippen LogP contribution is 2.22. The van der Waals surface area contributed by atoms with Gasteiger partial charge in [0.1, 0.15) is 11.4 Å². The van der Waals surface area contributed by atoms with Crippen LogP contribution in [0.25, 0.3) is 0 Å². The second-order valence-electron chi connectivity index (χ2n) is 6.25. The Morgan fingerprint density at radius 1 is 1.12 bits per heavy atom. The summed E-state index contributed by atoms with van der Waals surface area (Å²) in [6.45, 7) is 6.10. The molecule has 26 heavy (non-hydrogen) atoms. The number of hydrogen-bond donors (Lipinski definition) is 3. The molecule has 1 rings (SSSR count). The molecule has 1 amide bonds. The summed E-state index contributed by atoms with van der Waals surface area (Å²) < 4.78 is 45.1. The molecule has 146 valence electrons. The van der Waals surface area contributed by atoms with E-state index in [2.05, 4.69) is 20.4 Å². The summed E-state index contributed by atoms with van der Waals surface area (Å²) in [5, 5.41) is 5.35. The summed E-state index contributed by atoms with van der Waals surface area (Å²) in [6.07, 6.45) is -5.25. The van der Waals surface area contributed by atoms with Crippen LogP contribution in [-0.4, -0.2) is 37.1 Å². The molecule has 0 aromatic heterocycles. The number of benzene rings is 1. The first kappa shape index (κ1) is 21.4. The lowest BCUT2D eigenvalue weighted by atomic mass is 10.2. The molecule has 1 aromatic carbocycles. The molecule has 0 spiro atoms. The Morgan fingerprint density at radius 2 is 1.69 bits per heavy atom. The smallest absolute Gasteiger partial charge is 0.444 e. The van der Waals surface area contributed by atoms with Crippen LogP contribution >= 0.6 is 0 Å². The summed E-state index contributed by atoms with van der Waals surface area (Å²) in [4.78, 5) is 15.5. The maximum atomic E-state index is 12.1. The zero-order chi connectivity index (χ0) is 19.8. The molecule has 0 aliphatic heterocycles. The van der Waals surface area contributed by atoms with Gasteiger partial charge in [-0.25, -0.2) is 9.79 Å². The van der Waals surface area contributed by atoms with Crippen LogP contribution in [0.1, 0.15) is 26.3 Å². The first-order valence-corrected chi connectivity index (χ1v) is 7.80. The van der Waals surface area contributed by atoms with Crippen molar-refractivity contribution in [3.05, 3.63) is 29.8 Å². The zero-order valence-corrected chi connectivity index (χ0v) is 14.8. The van der Waals surface area contributed by atoms with Gasteiger partial charge in [0.2, 0.25) is 0 Å². The van der Waals surface area contributed by atoms with E-state index >= 15 is 0 Å². The highest BCUT2D eigenvalue weighted by Gasteiger charge is 2.30. The van der Waals surface area contributed by atoms with Crippen molar-refractivity contribution in [2.45, 2.75) is 39.3 Å². The van der Waals surface area contributed by atoms with Crippen LogP contribution in [0.3, 0.4) is 0 Å². The summed E-state index contributed by atoms with van der Waals surface area (Å²) >= 11 is 0. The highest BCUT2D eigenvalue weighted by molar-refractivity contribution is 5.77. The van der Waals surface area contributed by atoms with Crippen molar-refractivity contribution in [1.82, 2.24) is 10.6 Å². The lowest BCUT2D eigenvalue weighted by Crippen LogP contribution is -2.40. The number of guanidine groups is 1. The monoisotopic (exact) mass is 376 g/mol. The van der Waals surface area contributed by atoms with Gasteiger partial charge in [0.25, 0.3) is 0 Å². The van der Waals surface area contributed by atoms with Gasteiger partial charge in [-0.05, 0) is 38.5 Å². The van der Waals surface area contributed by atoms with E-state index < -0.39 is 18.1 Å². The van der Waals surface area contributed by atoms with Crippen molar-refractivity contribution in [3.8, 4) is 5.75 Å². The van der Waals surface area contributed by atoms with E-state index in [1.165, 1.54) is 24.3 Å². The van der Waals surface area contributed by atoms with Crippen LogP contribution < -0.4 is 21.1 Å². The van der Waals surface area contributed by atoms with Crippen molar-refractivity contribution < 1.29 is 27.4 Å². The molecular weight excluding hydrogens is 353 g/mol. The molecule has 0 heterocycles. The third kappa shape index (κ3) is 10.3. The highest BCUT2D eigenvalue weighted by atomic mass is 19.4. The molecular formula is C16H23F3N4O3. The Labute approximate surface area is 149 Å². The van der Waals surface area contributed by atoms with Gasteiger partial charge in [-0.1, -0.05) is 12.1 Å². The molecule has 0 aliphatic carbocycles. The number of amides is 1. The predicted octanol–water partition coefficient (Wildman–Crippen LogP) is 2.51. The fourth-order valence-corrected chi connectivity index (χ4v) is 1.70. The molecule has 10 heteroatoms. The average molecular weight is 376 g/mol. The molecule has 0 unspecified atom stereocenters. The molecule has 0 saturated carbocycles. The molecule has 7 nitrogen and oxygen atoms in total. The van der Waals surface area contributed by atoms with E-state index in [0.717, 1.165) is 0 Å². The minimum atomic E-state index is -4.72. The summed E-state index contributed by atoms with van der Waals surface area (Å²) in [5.74, 6) is -0.156. The maximum absolute atomic E-state index is 12.1. The van der Waals surface area contributed by atoms with E-state index in [-0.39, 0.29) is 24.8 Å². The number of hydrogen-bond acceptors (Lipinski definition) is 4. The van der Waals surface area contributed by atoms with Crippen molar-refractivity contribution >= 4 is 12.1 Å². The van der Waals surface area contributed by atoms with E-state index in [9.17, 15) is 18.0 Å². The number of alkyl carbamates (subject to hydrolysis) is 1. The van der Waals surface area contributed by atoms with Gasteiger partial charge < -0.3 is 25.8 Å². The number of aliphatic imine (C=N–C) groups is 1. The first-order valence-electron chi connectivity index (χ1n) is 7.80. The standard InChI is InChI=1S/C16H23F3N4O3/c1-15(2,3)26-14(24)22-9-8-21-13(20)23-10-11-4-6-12(7-5-11)25-16(17,18)19/h4-7H,8-10H2,1-3H3,(H,22,24)(H3,20,21,23). The van der Waals surface area contributed by atoms with Gasteiger partial charge in [-0.2, -0.15) is 0 Å². The fourth-order valence-electron chi connectivity index (χ4n) is 1.70. The lowest BCUT2D eigenvalue weighted by Gasteiger charge is -2.19. The minimum Gasteiger partial charge on any atom is -0.444 e. The number of nitrogens with two attached hydrogens (primary N) is 1. The molecule has 0 saturated heterocycles. The van der Waals surface area contributed by atoms with Crippen LogP contribution in [-0.2, 0) is 11.3 Å². The molecule has 1 aromatic rings. The average Bonchev–Trinajstić information content (AvgIpc) is 2.47. The third-order valence-electron chi connectivity index (χ3n) is 2.69. The number of halogens is 3. The Hall–Kier alpha value is -2.65. The van der Waals surface area contributed by atoms with Crippen LogP contribution in [0, 0.1) is 0 Å². The van der Waals surface area contributed by atoms with Crippen molar-refractivity contribution in [1.29, 1.82) is 0 Å². The molecule has 4 N–H and O–H groups in total. The maximum Gasteiger partial charge on any atom is 0.573 e. The van der Waals surface area contributed by atoms with E-state index in [1.807, 2.05) is 0 Å². The van der Waals surface area contributed by atoms with Crippen LogP contribution in [0.2, 0.25) is 0 Å². The van der Waals surface area contributed by atoms with Gasteiger partial charge in [0.15, 0.2) is 5.96 Å². The van der Waals surface area contributed by atoms with Crippen molar-refractivity contribution in [3.63, 3.8) is 0 Å². The zero-order valence-electron chi connectivity index (χ0n) is 14.8. The van der Waals surface area contributed by atoms with Gasteiger partial charge in [-0.15, -0.1) is 13.2 Å². The van der Waals surface area contributed by atoms with Crippen molar-refractivity contribution in [2.24, 2.45) is 10.7 Å². The minimum absolute atomic E-state index is 0.145. The Balaban J connectivity index is 2.32. The molecule has 0 atom stereocenters. The number of rotatable bonds is 6. The Bertz CT molecular complexity index is 611. The summed E-state index contributed by atoms with van der Waals surface area (Å²) in [6, 6.07) is 5.32. The first-order chi connectivity index (χ1) is 11.9. The topological polar surface area (TPSA) is 98.0 Å².